The van der Waals surface area contributed by atoms with E-state index in [1.165, 1.54) is 59.0 Å². The molecule has 1 amide bonds. The maximum atomic E-state index is 15.1. The van der Waals surface area contributed by atoms with Crippen LogP contribution in [0, 0.1) is 11.6 Å². The third-order valence-electron chi connectivity index (χ3n) is 8.04. The van der Waals surface area contributed by atoms with Crippen molar-refractivity contribution in [3.8, 4) is 5.69 Å². The number of hydrogen-bond donors (Lipinski definition) is 2. The molecular weight excluding hydrogens is 649 g/mol. The first-order valence-corrected chi connectivity index (χ1v) is 14.2. The van der Waals surface area contributed by atoms with Gasteiger partial charge in [-0.2, -0.15) is 13.2 Å². The number of rotatable bonds is 7. The summed E-state index contributed by atoms with van der Waals surface area (Å²) in [5.74, 6) is -6.04. The molecule has 0 spiro atoms. The number of alkyl halides is 3. The minimum Gasteiger partial charge on any atom is -0.480 e. The van der Waals surface area contributed by atoms with Crippen LogP contribution < -0.4 is 21.5 Å². The van der Waals surface area contributed by atoms with E-state index in [2.05, 4.69) is 15.3 Å². The van der Waals surface area contributed by atoms with Crippen LogP contribution in [0.25, 0.3) is 22.2 Å². The lowest BCUT2D eigenvalue weighted by molar-refractivity contribution is -0.167. The second-order valence-electron chi connectivity index (χ2n) is 10.9. The van der Waals surface area contributed by atoms with Crippen LogP contribution in [-0.4, -0.2) is 78.5 Å². The Bertz CT molecular complexity index is 2190. The summed E-state index contributed by atoms with van der Waals surface area (Å²) in [5, 5.41) is 12.2. The lowest BCUT2D eigenvalue weighted by atomic mass is 10.1. The van der Waals surface area contributed by atoms with Crippen molar-refractivity contribution in [2.75, 3.05) is 24.7 Å². The number of aryl methyl sites for hydroxylation is 1. The van der Waals surface area contributed by atoms with Crippen LogP contribution in [0.5, 0.6) is 0 Å². The van der Waals surface area contributed by atoms with Gasteiger partial charge in [-0.15, -0.1) is 0 Å². The van der Waals surface area contributed by atoms with Gasteiger partial charge in [0.2, 0.25) is 0 Å². The third-order valence-corrected chi connectivity index (χ3v) is 8.04. The molecule has 1 fully saturated rings. The zero-order chi connectivity index (χ0) is 34.5. The second kappa shape index (κ2) is 12.2. The molecule has 2 unspecified atom stereocenters. The van der Waals surface area contributed by atoms with Crippen molar-refractivity contribution in [3.63, 3.8) is 0 Å². The second-order valence-corrected chi connectivity index (χ2v) is 10.9. The number of pyridine rings is 2. The van der Waals surface area contributed by atoms with Gasteiger partial charge in [0.15, 0.2) is 5.65 Å². The lowest BCUT2D eigenvalue weighted by Gasteiger charge is -2.38. The van der Waals surface area contributed by atoms with E-state index in [0.717, 1.165) is 9.47 Å². The minimum atomic E-state index is -4.77. The number of ether oxygens (including phenoxy) is 1. The smallest absolute Gasteiger partial charge is 0.411 e. The summed E-state index contributed by atoms with van der Waals surface area (Å²) >= 11 is 0. The third kappa shape index (κ3) is 5.63. The van der Waals surface area contributed by atoms with Crippen LogP contribution in [-0.2, 0) is 23.0 Å². The zero-order valence-electron chi connectivity index (χ0n) is 24.7. The number of carboxylic acid groups (broad SMARTS) is 1. The van der Waals surface area contributed by atoms with Crippen molar-refractivity contribution < 1.29 is 41.4 Å². The largest absolute Gasteiger partial charge is 0.480 e. The first-order valence-electron chi connectivity index (χ1n) is 14.2. The van der Waals surface area contributed by atoms with E-state index in [9.17, 15) is 37.5 Å². The molecule has 6 rings (SSSR count). The Balaban J connectivity index is 1.30. The van der Waals surface area contributed by atoms with Gasteiger partial charge in [-0.05, 0) is 30.3 Å². The molecule has 1 aliphatic rings. The number of halogens is 5. The summed E-state index contributed by atoms with van der Waals surface area (Å²) in [6.07, 6.45) is 0.305. The van der Waals surface area contributed by atoms with Crippen LogP contribution in [0.1, 0.15) is 16.1 Å². The van der Waals surface area contributed by atoms with E-state index in [-0.39, 0.29) is 35.6 Å². The number of carbonyl (C=O) groups excluding carboxylic acids is 1. The summed E-state index contributed by atoms with van der Waals surface area (Å²) < 4.78 is 79.2. The number of amides is 1. The Morgan fingerprint density at radius 2 is 1.85 bits per heavy atom. The SMILES string of the molecule is Cn1c(=O)n(-c2ccc(CC(NC(=O)c3c(F)cc(N4CCOCC4C(F)(F)F)cc3F)C(=O)O)n3ccnc23)c(=O)c2ccncc21. The summed E-state index contributed by atoms with van der Waals surface area (Å²) in [6, 6.07) is 1.42. The number of aromatic nitrogens is 5. The molecule has 0 radical (unpaired) electrons. The molecule has 1 saturated heterocycles. The number of benzene rings is 1. The summed E-state index contributed by atoms with van der Waals surface area (Å²) in [6.45, 7) is -1.20. The number of morpholine rings is 1. The quantitative estimate of drug-likeness (QED) is 0.248. The monoisotopic (exact) mass is 673 g/mol. The van der Waals surface area contributed by atoms with Gasteiger partial charge in [-0.1, -0.05) is 0 Å². The maximum Gasteiger partial charge on any atom is 0.411 e. The molecule has 250 valence electrons. The van der Waals surface area contributed by atoms with E-state index in [4.69, 9.17) is 4.74 Å². The van der Waals surface area contributed by atoms with Gasteiger partial charge in [0.1, 0.15) is 29.3 Å². The molecule has 1 aromatic carbocycles. The van der Waals surface area contributed by atoms with Crippen LogP contribution in [0.2, 0.25) is 0 Å². The Morgan fingerprint density at radius 3 is 2.54 bits per heavy atom. The van der Waals surface area contributed by atoms with Crippen molar-refractivity contribution in [1.29, 1.82) is 0 Å². The molecule has 13 nitrogen and oxygen atoms in total. The Hall–Kier alpha value is -5.65. The molecule has 48 heavy (non-hydrogen) atoms. The predicted molar refractivity (Wildman–Crippen MR) is 158 cm³/mol. The summed E-state index contributed by atoms with van der Waals surface area (Å²) in [5.41, 5.74) is -2.34. The van der Waals surface area contributed by atoms with Crippen molar-refractivity contribution in [3.05, 3.63) is 98.8 Å². The lowest BCUT2D eigenvalue weighted by Crippen LogP contribution is -2.53. The van der Waals surface area contributed by atoms with Crippen LogP contribution >= 0.6 is 0 Å². The Labute approximate surface area is 265 Å². The molecule has 18 heteroatoms. The first kappa shape index (κ1) is 32.3. The summed E-state index contributed by atoms with van der Waals surface area (Å²) in [4.78, 5) is 60.7. The fourth-order valence-corrected chi connectivity index (χ4v) is 5.67. The van der Waals surface area contributed by atoms with E-state index >= 15 is 8.78 Å². The topological polar surface area (TPSA) is 153 Å². The van der Waals surface area contributed by atoms with Crippen LogP contribution in [0.3, 0.4) is 0 Å². The highest BCUT2D eigenvalue weighted by Gasteiger charge is 2.46. The molecule has 0 saturated carbocycles. The molecular formula is C30H24F5N7O6. The molecule has 5 aromatic rings. The highest BCUT2D eigenvalue weighted by atomic mass is 19.4. The van der Waals surface area contributed by atoms with Crippen LogP contribution in [0.4, 0.5) is 27.6 Å². The van der Waals surface area contributed by atoms with Gasteiger partial charge in [0, 0.05) is 50.0 Å². The number of imidazole rings is 1. The fraction of sp³-hybridized carbons (Fsp3) is 0.267. The molecule has 1 aliphatic heterocycles. The van der Waals surface area contributed by atoms with Gasteiger partial charge < -0.3 is 24.5 Å². The normalized spacial score (nSPS) is 16.0. The Morgan fingerprint density at radius 1 is 1.12 bits per heavy atom. The average molecular weight is 674 g/mol. The van der Waals surface area contributed by atoms with E-state index in [1.807, 2.05) is 0 Å². The van der Waals surface area contributed by atoms with E-state index in [0.29, 0.717) is 17.6 Å². The summed E-state index contributed by atoms with van der Waals surface area (Å²) in [7, 11) is 1.46. The van der Waals surface area contributed by atoms with Gasteiger partial charge in [0.05, 0.1) is 36.0 Å². The zero-order valence-corrected chi connectivity index (χ0v) is 24.7. The maximum absolute atomic E-state index is 15.1. The number of carbonyl (C=O) groups is 2. The molecule has 2 N–H and O–H groups in total. The van der Waals surface area contributed by atoms with Gasteiger partial charge in [0.25, 0.3) is 11.5 Å². The molecule has 0 aliphatic carbocycles. The van der Waals surface area contributed by atoms with Crippen LogP contribution in [0.15, 0.2) is 64.7 Å². The first-order chi connectivity index (χ1) is 22.8. The van der Waals surface area contributed by atoms with Gasteiger partial charge in [-0.25, -0.2) is 27.9 Å². The number of hydrogen-bond acceptors (Lipinski definition) is 8. The standard InChI is InChI=1S/C30H24F5N7O6/c1-39-22-13-36-5-4-17(22)27(44)42(29(39)47)21-3-2-15(41-7-6-37-25(21)41)12-20(28(45)46)38-26(43)24-18(31)10-16(11-19(24)32)40-8-9-48-14-23(40)30(33,34)35/h2-7,10-11,13,20,23H,8-9,12,14H2,1H3,(H,38,43)(H,45,46). The number of nitrogens with one attached hydrogen (secondary N) is 1. The van der Waals surface area contributed by atoms with Crippen molar-refractivity contribution in [1.82, 2.24) is 28.8 Å². The Kier molecular flexibility index (Phi) is 8.19. The van der Waals surface area contributed by atoms with Crippen molar-refractivity contribution in [2.24, 2.45) is 7.05 Å². The molecule has 2 atom stereocenters. The molecule has 0 bridgehead atoms. The number of aliphatic carboxylic acids is 1. The van der Waals surface area contributed by atoms with Crippen molar-refractivity contribution >= 4 is 34.1 Å². The number of nitrogens with zero attached hydrogens (tertiary/aromatic N) is 6. The predicted octanol–water partition coefficient (Wildman–Crippen LogP) is 2.20. The van der Waals surface area contributed by atoms with Gasteiger partial charge in [-0.3, -0.25) is 19.1 Å². The number of anilines is 1. The number of carboxylic acids is 1. The highest BCUT2D eigenvalue weighted by Crippen LogP contribution is 2.32. The van der Waals surface area contributed by atoms with E-state index in [1.54, 1.807) is 0 Å². The van der Waals surface area contributed by atoms with Gasteiger partial charge >= 0.3 is 17.8 Å². The molecule has 4 aromatic heterocycles. The van der Waals surface area contributed by atoms with Crippen molar-refractivity contribution in [2.45, 2.75) is 24.7 Å². The average Bonchev–Trinajstić information content (AvgIpc) is 3.54. The minimum absolute atomic E-state index is 0.0706. The molecule has 5 heterocycles. The number of fused-ring (bicyclic) bond motifs is 2. The van der Waals surface area contributed by atoms with E-state index < -0.39 is 77.3 Å². The fourth-order valence-electron chi connectivity index (χ4n) is 5.67. The highest BCUT2D eigenvalue weighted by molar-refractivity contribution is 5.97.